The topological polar surface area (TPSA) is 66.1 Å². The molecule has 2 aromatic heterocycles. The van der Waals surface area contributed by atoms with Crippen LogP contribution in [0.15, 0.2) is 60.8 Å². The fourth-order valence-corrected chi connectivity index (χ4v) is 5.19. The maximum Gasteiger partial charge on any atom is 0.337 e. The summed E-state index contributed by atoms with van der Waals surface area (Å²) in [6, 6.07) is 16.1. The minimum absolute atomic E-state index is 0.0907. The molecule has 6 nitrogen and oxygen atoms in total. The van der Waals surface area contributed by atoms with Crippen molar-refractivity contribution in [2.45, 2.75) is 47.5 Å². The van der Waals surface area contributed by atoms with E-state index in [1.54, 1.807) is 24.4 Å². The molecule has 0 radical (unpaired) electrons. The third-order valence-corrected chi connectivity index (χ3v) is 7.08. The van der Waals surface area contributed by atoms with Crippen LogP contribution in [-0.4, -0.2) is 33.3 Å². The highest BCUT2D eigenvalue weighted by atomic mass is 19.1. The number of ether oxygens (including phenoxy) is 1. The molecule has 5 aromatic rings. The fraction of sp³-hybridized carbons (Fsp3) is 0.281. The molecule has 0 aliphatic rings. The van der Waals surface area contributed by atoms with E-state index in [1.807, 2.05) is 52.0 Å². The smallest absolute Gasteiger partial charge is 0.337 e. The monoisotopic (exact) mass is 525 g/mol. The van der Waals surface area contributed by atoms with Gasteiger partial charge in [-0.3, -0.25) is 4.79 Å². The normalized spacial score (nSPS) is 12.0. The van der Waals surface area contributed by atoms with Gasteiger partial charge in [0.15, 0.2) is 0 Å². The zero-order valence-corrected chi connectivity index (χ0v) is 23.3. The number of methoxy groups -OCH3 is 1. The van der Waals surface area contributed by atoms with E-state index in [2.05, 4.69) is 23.5 Å². The minimum atomic E-state index is -0.611. The molecule has 5 rings (SSSR count). The Morgan fingerprint density at radius 1 is 0.974 bits per heavy atom. The first-order chi connectivity index (χ1) is 18.4. The van der Waals surface area contributed by atoms with Gasteiger partial charge in [-0.05, 0) is 72.5 Å². The average Bonchev–Trinajstić information content (AvgIpc) is 3.45. The van der Waals surface area contributed by atoms with Gasteiger partial charge < -0.3 is 9.30 Å². The van der Waals surface area contributed by atoms with Gasteiger partial charge in [-0.1, -0.05) is 40.7 Å². The van der Waals surface area contributed by atoms with Gasteiger partial charge in [0.2, 0.25) is 0 Å². The number of aryl methyl sites for hydroxylation is 1. The molecule has 7 heteroatoms. The Kier molecular flexibility index (Phi) is 6.41. The van der Waals surface area contributed by atoms with Crippen LogP contribution in [0.25, 0.3) is 38.6 Å². The van der Waals surface area contributed by atoms with Gasteiger partial charge in [0, 0.05) is 33.1 Å². The maximum atomic E-state index is 13.9. The first-order valence-electron chi connectivity index (χ1n) is 13.0. The Labute approximate surface area is 227 Å². The lowest BCUT2D eigenvalue weighted by atomic mass is 9.92. The van der Waals surface area contributed by atoms with Gasteiger partial charge in [-0.15, -0.1) is 0 Å². The molecule has 0 N–H and O–H groups in total. The largest absolute Gasteiger partial charge is 0.465 e. The number of esters is 1. The summed E-state index contributed by atoms with van der Waals surface area (Å²) < 4.78 is 22.5. The molecule has 0 fully saturated rings. The fourth-order valence-electron chi connectivity index (χ4n) is 5.19. The first kappa shape index (κ1) is 26.4. The highest BCUT2D eigenvalue weighted by molar-refractivity contribution is 6.08. The summed E-state index contributed by atoms with van der Waals surface area (Å²) in [5.74, 6) is -0.707. The van der Waals surface area contributed by atoms with E-state index in [4.69, 9.17) is 4.74 Å². The minimum Gasteiger partial charge on any atom is -0.465 e. The number of benzene rings is 3. The molecule has 0 aliphatic carbocycles. The Hall–Kier alpha value is -4.26. The van der Waals surface area contributed by atoms with Gasteiger partial charge >= 0.3 is 5.97 Å². The molecule has 0 amide bonds. The van der Waals surface area contributed by atoms with E-state index in [0.717, 1.165) is 49.9 Å². The van der Waals surface area contributed by atoms with Crippen LogP contribution in [0.2, 0.25) is 0 Å². The number of halogens is 1. The van der Waals surface area contributed by atoms with Gasteiger partial charge in [0.1, 0.15) is 5.82 Å². The van der Waals surface area contributed by atoms with Crippen molar-refractivity contribution in [1.82, 2.24) is 14.3 Å². The quantitative estimate of drug-likeness (QED) is 0.226. The van der Waals surface area contributed by atoms with Crippen molar-refractivity contribution in [2.24, 2.45) is 5.41 Å². The number of carbonyl (C=O) groups excluding carboxylic acids is 2. The summed E-state index contributed by atoms with van der Waals surface area (Å²) >= 11 is 0. The van der Waals surface area contributed by atoms with Gasteiger partial charge in [-0.2, -0.15) is 9.78 Å². The second-order valence-electron chi connectivity index (χ2n) is 11.3. The molecular weight excluding hydrogens is 493 g/mol. The van der Waals surface area contributed by atoms with E-state index in [-0.39, 0.29) is 17.6 Å². The summed E-state index contributed by atoms with van der Waals surface area (Å²) in [6.07, 6.45) is 1.71. The molecule has 200 valence electrons. The van der Waals surface area contributed by atoms with Crippen molar-refractivity contribution in [2.75, 3.05) is 7.11 Å². The lowest BCUT2D eigenvalue weighted by Gasteiger charge is -2.17. The highest BCUT2D eigenvalue weighted by Crippen LogP contribution is 2.43. The average molecular weight is 526 g/mol. The van der Waals surface area contributed by atoms with Crippen molar-refractivity contribution in [1.29, 1.82) is 0 Å². The molecule has 0 saturated carbocycles. The van der Waals surface area contributed by atoms with E-state index in [1.165, 1.54) is 23.9 Å². The predicted octanol–water partition coefficient (Wildman–Crippen LogP) is 7.69. The molecule has 0 bridgehead atoms. The standard InChI is InChI=1S/C32H32FN3O3/c1-18(2)29-28(24-13-8-20(14-19(24)3)30(37)39-7)25-16-26-21(17-34-36(26)31(38)32(4,5)6)15-27(25)35(29)23-11-9-22(33)10-12-23/h8-18H,1-7H3. The number of rotatable bonds is 4. The van der Waals surface area contributed by atoms with E-state index in [9.17, 15) is 14.0 Å². The number of carbonyl (C=O) groups is 2. The van der Waals surface area contributed by atoms with E-state index >= 15 is 0 Å². The molecule has 0 aliphatic heterocycles. The van der Waals surface area contributed by atoms with Crippen LogP contribution < -0.4 is 0 Å². The summed E-state index contributed by atoms with van der Waals surface area (Å²) in [5.41, 5.74) is 6.25. The van der Waals surface area contributed by atoms with Crippen LogP contribution in [0.3, 0.4) is 0 Å². The van der Waals surface area contributed by atoms with Crippen molar-refractivity contribution in [3.63, 3.8) is 0 Å². The molecule has 3 aromatic carbocycles. The van der Waals surface area contributed by atoms with Crippen LogP contribution in [0.1, 0.15) is 66.9 Å². The van der Waals surface area contributed by atoms with Crippen molar-refractivity contribution in [3.8, 4) is 16.8 Å². The summed E-state index contributed by atoms with van der Waals surface area (Å²) in [6.45, 7) is 11.8. The van der Waals surface area contributed by atoms with Crippen molar-refractivity contribution >= 4 is 33.7 Å². The van der Waals surface area contributed by atoms with Crippen LogP contribution in [0, 0.1) is 18.2 Å². The highest BCUT2D eigenvalue weighted by Gasteiger charge is 2.28. The number of hydrogen-bond acceptors (Lipinski definition) is 4. The molecular formula is C32H32FN3O3. The van der Waals surface area contributed by atoms with Crippen molar-refractivity contribution in [3.05, 3.63) is 83.4 Å². The third kappa shape index (κ3) is 4.42. The van der Waals surface area contributed by atoms with E-state index in [0.29, 0.717) is 5.56 Å². The van der Waals surface area contributed by atoms with Gasteiger partial charge in [0.25, 0.3) is 5.91 Å². The zero-order chi connectivity index (χ0) is 28.2. The predicted molar refractivity (Wildman–Crippen MR) is 152 cm³/mol. The zero-order valence-electron chi connectivity index (χ0n) is 23.3. The number of hydrogen-bond donors (Lipinski definition) is 0. The molecule has 0 atom stereocenters. The lowest BCUT2D eigenvalue weighted by Crippen LogP contribution is -2.27. The van der Waals surface area contributed by atoms with Gasteiger partial charge in [-0.25, -0.2) is 9.18 Å². The molecule has 0 saturated heterocycles. The number of nitrogens with zero attached hydrogens (tertiary/aromatic N) is 3. The summed E-state index contributed by atoms with van der Waals surface area (Å²) in [7, 11) is 1.37. The van der Waals surface area contributed by atoms with E-state index < -0.39 is 11.4 Å². The molecule has 0 unspecified atom stereocenters. The summed E-state index contributed by atoms with van der Waals surface area (Å²) in [4.78, 5) is 25.5. The number of fused-ring (bicyclic) bond motifs is 2. The Bertz CT molecular complexity index is 1750. The number of aromatic nitrogens is 3. The lowest BCUT2D eigenvalue weighted by molar-refractivity contribution is 0.0600. The van der Waals surface area contributed by atoms with Crippen LogP contribution in [0.4, 0.5) is 4.39 Å². The van der Waals surface area contributed by atoms with Gasteiger partial charge in [0.05, 0.1) is 29.9 Å². The maximum absolute atomic E-state index is 13.9. The Morgan fingerprint density at radius 2 is 1.67 bits per heavy atom. The van der Waals surface area contributed by atoms with Crippen LogP contribution >= 0.6 is 0 Å². The third-order valence-electron chi connectivity index (χ3n) is 7.08. The molecule has 2 heterocycles. The Morgan fingerprint density at radius 3 is 2.26 bits per heavy atom. The molecule has 0 spiro atoms. The van der Waals surface area contributed by atoms with Crippen LogP contribution in [-0.2, 0) is 4.74 Å². The Balaban J connectivity index is 1.91. The van der Waals surface area contributed by atoms with Crippen LogP contribution in [0.5, 0.6) is 0 Å². The second kappa shape index (κ2) is 9.49. The summed E-state index contributed by atoms with van der Waals surface area (Å²) in [5, 5.41) is 6.22. The van der Waals surface area contributed by atoms with Crippen molar-refractivity contribution < 1.29 is 18.7 Å². The SMILES string of the molecule is COC(=O)c1ccc(-c2c(C(C)C)n(-c3ccc(F)cc3)c3cc4cnn(C(=O)C(C)(C)C)c4cc23)c(C)c1. The first-order valence-corrected chi connectivity index (χ1v) is 13.0. The second-order valence-corrected chi connectivity index (χ2v) is 11.3. The molecule has 39 heavy (non-hydrogen) atoms.